The number of hydrogen-bond donors (Lipinski definition) is 2. The molecule has 0 spiro atoms. The first-order valence-corrected chi connectivity index (χ1v) is 8.95. The van der Waals surface area contributed by atoms with Crippen molar-refractivity contribution in [3.8, 4) is 0 Å². The summed E-state index contributed by atoms with van der Waals surface area (Å²) in [5, 5.41) is 7.31. The normalized spacial score (nSPS) is 18.7. The number of amides is 1. The highest BCUT2D eigenvalue weighted by Crippen LogP contribution is 2.17. The van der Waals surface area contributed by atoms with E-state index >= 15 is 0 Å². The lowest BCUT2D eigenvalue weighted by atomic mass is 10.1. The summed E-state index contributed by atoms with van der Waals surface area (Å²) in [6.07, 6.45) is 2.32. The number of nitrogens with zero attached hydrogens (tertiary/aromatic N) is 2. The van der Waals surface area contributed by atoms with Crippen molar-refractivity contribution < 1.29 is 9.53 Å². The number of guanidine groups is 1. The fourth-order valence-corrected chi connectivity index (χ4v) is 2.72. The fourth-order valence-electron chi connectivity index (χ4n) is 2.52. The second-order valence-electron chi connectivity index (χ2n) is 6.39. The molecule has 2 N–H and O–H groups in total. The third kappa shape index (κ3) is 6.55. The molecule has 1 aromatic carbocycles. The van der Waals surface area contributed by atoms with Crippen molar-refractivity contribution >= 4 is 23.5 Å². The highest BCUT2D eigenvalue weighted by molar-refractivity contribution is 6.30. The lowest BCUT2D eigenvalue weighted by Crippen LogP contribution is -2.42. The molecule has 25 heavy (non-hydrogen) atoms. The summed E-state index contributed by atoms with van der Waals surface area (Å²) in [6, 6.07) is 7.69. The third-order valence-corrected chi connectivity index (χ3v) is 4.33. The van der Waals surface area contributed by atoms with E-state index in [1.807, 2.05) is 31.2 Å². The van der Waals surface area contributed by atoms with Gasteiger partial charge >= 0.3 is 0 Å². The van der Waals surface area contributed by atoms with Crippen LogP contribution in [0.1, 0.15) is 31.4 Å². The SMILES string of the molecule is CC(NC(=NCC(=O)N(C)C)NCC1CCCO1)c1cccc(Cl)c1. The van der Waals surface area contributed by atoms with Crippen molar-refractivity contribution in [2.75, 3.05) is 33.8 Å². The van der Waals surface area contributed by atoms with Gasteiger partial charge in [0.1, 0.15) is 6.54 Å². The lowest BCUT2D eigenvalue weighted by Gasteiger charge is -2.20. The Balaban J connectivity index is 2.01. The van der Waals surface area contributed by atoms with Gasteiger partial charge in [0.25, 0.3) is 0 Å². The average molecular weight is 367 g/mol. The minimum absolute atomic E-state index is 0.00362. The van der Waals surface area contributed by atoms with Crippen molar-refractivity contribution in [3.05, 3.63) is 34.9 Å². The number of hydrogen-bond acceptors (Lipinski definition) is 3. The number of nitrogens with one attached hydrogen (secondary N) is 2. The smallest absolute Gasteiger partial charge is 0.243 e. The number of ether oxygens (including phenoxy) is 1. The van der Waals surface area contributed by atoms with Crippen LogP contribution in [-0.4, -0.2) is 56.7 Å². The topological polar surface area (TPSA) is 66.0 Å². The molecule has 1 aliphatic heterocycles. The molecule has 0 saturated carbocycles. The summed E-state index contributed by atoms with van der Waals surface area (Å²) in [4.78, 5) is 17.8. The molecule has 1 amide bonds. The first kappa shape index (κ1) is 19.5. The number of likely N-dealkylation sites (N-methyl/N-ethyl adjacent to an activating group) is 1. The summed E-state index contributed by atoms with van der Waals surface area (Å²) in [7, 11) is 3.44. The molecule has 2 unspecified atom stereocenters. The number of halogens is 1. The van der Waals surface area contributed by atoms with E-state index in [0.717, 1.165) is 25.0 Å². The quantitative estimate of drug-likeness (QED) is 0.598. The molecule has 1 fully saturated rings. The Labute approximate surface area is 154 Å². The molecule has 1 saturated heterocycles. The number of rotatable bonds is 6. The molecule has 1 aromatic rings. The van der Waals surface area contributed by atoms with Gasteiger partial charge in [-0.15, -0.1) is 0 Å². The molecule has 0 aliphatic carbocycles. The van der Waals surface area contributed by atoms with E-state index in [1.54, 1.807) is 14.1 Å². The van der Waals surface area contributed by atoms with E-state index in [9.17, 15) is 4.79 Å². The second kappa shape index (κ2) is 9.63. The van der Waals surface area contributed by atoms with Crippen LogP contribution in [0.3, 0.4) is 0 Å². The standard InChI is InChI=1S/C18H27ClN4O2/c1-13(14-6-4-7-15(19)10-14)22-18(21-12-17(24)23(2)3)20-11-16-8-5-9-25-16/h4,6-7,10,13,16H,5,8-9,11-12H2,1-3H3,(H2,20,21,22). The maximum atomic E-state index is 11.8. The molecule has 1 heterocycles. The van der Waals surface area contributed by atoms with Crippen LogP contribution >= 0.6 is 11.6 Å². The molecule has 0 bridgehead atoms. The van der Waals surface area contributed by atoms with Gasteiger partial charge in [0, 0.05) is 32.3 Å². The minimum Gasteiger partial charge on any atom is -0.376 e. The Morgan fingerprint density at radius 1 is 1.48 bits per heavy atom. The van der Waals surface area contributed by atoms with Crippen molar-refractivity contribution in [1.29, 1.82) is 0 Å². The van der Waals surface area contributed by atoms with Gasteiger partial charge in [0.05, 0.1) is 12.1 Å². The van der Waals surface area contributed by atoms with Gasteiger partial charge in [0.2, 0.25) is 5.91 Å². The summed E-state index contributed by atoms with van der Waals surface area (Å²) in [5.74, 6) is 0.548. The predicted octanol–water partition coefficient (Wildman–Crippen LogP) is 2.20. The maximum Gasteiger partial charge on any atom is 0.243 e. The maximum absolute atomic E-state index is 11.8. The van der Waals surface area contributed by atoms with Crippen LogP contribution in [0.4, 0.5) is 0 Å². The molecule has 2 rings (SSSR count). The zero-order chi connectivity index (χ0) is 18.2. The summed E-state index contributed by atoms with van der Waals surface area (Å²) < 4.78 is 5.63. The number of benzene rings is 1. The van der Waals surface area contributed by atoms with Gasteiger partial charge in [-0.1, -0.05) is 23.7 Å². The Morgan fingerprint density at radius 2 is 2.28 bits per heavy atom. The molecule has 7 heteroatoms. The second-order valence-corrected chi connectivity index (χ2v) is 6.83. The van der Waals surface area contributed by atoms with E-state index < -0.39 is 0 Å². The number of carbonyl (C=O) groups excluding carboxylic acids is 1. The van der Waals surface area contributed by atoms with Crippen molar-refractivity contribution in [2.45, 2.75) is 31.9 Å². The minimum atomic E-state index is -0.0476. The highest BCUT2D eigenvalue weighted by atomic mass is 35.5. The van der Waals surface area contributed by atoms with Crippen LogP contribution in [0.15, 0.2) is 29.3 Å². The van der Waals surface area contributed by atoms with Crippen molar-refractivity contribution in [1.82, 2.24) is 15.5 Å². The Hall–Kier alpha value is -1.79. The first-order valence-electron chi connectivity index (χ1n) is 8.58. The summed E-state index contributed by atoms with van der Waals surface area (Å²) in [6.45, 7) is 3.60. The molecule has 2 atom stereocenters. The summed E-state index contributed by atoms with van der Waals surface area (Å²) >= 11 is 6.07. The zero-order valence-electron chi connectivity index (χ0n) is 15.1. The van der Waals surface area contributed by atoms with Crippen LogP contribution in [-0.2, 0) is 9.53 Å². The zero-order valence-corrected chi connectivity index (χ0v) is 15.8. The van der Waals surface area contributed by atoms with Gasteiger partial charge < -0.3 is 20.3 Å². The van der Waals surface area contributed by atoms with E-state index in [4.69, 9.17) is 16.3 Å². The Morgan fingerprint density at radius 3 is 2.92 bits per heavy atom. The molecule has 1 aliphatic rings. The molecule has 138 valence electrons. The number of carbonyl (C=O) groups is 1. The van der Waals surface area contributed by atoms with Crippen LogP contribution in [0.5, 0.6) is 0 Å². The largest absolute Gasteiger partial charge is 0.376 e. The molecular weight excluding hydrogens is 340 g/mol. The van der Waals surface area contributed by atoms with Crippen molar-refractivity contribution in [2.24, 2.45) is 4.99 Å². The Kier molecular flexibility index (Phi) is 7.52. The molecular formula is C18H27ClN4O2. The van der Waals surface area contributed by atoms with Crippen LogP contribution in [0.25, 0.3) is 0 Å². The highest BCUT2D eigenvalue weighted by Gasteiger charge is 2.17. The molecule has 6 nitrogen and oxygen atoms in total. The Bertz CT molecular complexity index is 600. The number of aliphatic imine (C=N–C) groups is 1. The van der Waals surface area contributed by atoms with Gasteiger partial charge in [-0.3, -0.25) is 4.79 Å². The third-order valence-electron chi connectivity index (χ3n) is 4.09. The predicted molar refractivity (Wildman–Crippen MR) is 101 cm³/mol. The average Bonchev–Trinajstić information content (AvgIpc) is 3.10. The van der Waals surface area contributed by atoms with Crippen molar-refractivity contribution in [3.63, 3.8) is 0 Å². The van der Waals surface area contributed by atoms with Crippen LogP contribution < -0.4 is 10.6 Å². The molecule has 0 radical (unpaired) electrons. The first-order chi connectivity index (χ1) is 12.0. The van der Waals surface area contributed by atoms with E-state index in [0.29, 0.717) is 17.5 Å². The van der Waals surface area contributed by atoms with E-state index in [-0.39, 0.29) is 24.6 Å². The van der Waals surface area contributed by atoms with Crippen LogP contribution in [0, 0.1) is 0 Å². The summed E-state index contributed by atoms with van der Waals surface area (Å²) in [5.41, 5.74) is 1.05. The monoisotopic (exact) mass is 366 g/mol. The van der Waals surface area contributed by atoms with Gasteiger partial charge in [-0.05, 0) is 37.5 Å². The van der Waals surface area contributed by atoms with Gasteiger partial charge in [0.15, 0.2) is 5.96 Å². The van der Waals surface area contributed by atoms with E-state index in [2.05, 4.69) is 15.6 Å². The molecule has 0 aromatic heterocycles. The van der Waals surface area contributed by atoms with Gasteiger partial charge in [-0.25, -0.2) is 4.99 Å². The fraction of sp³-hybridized carbons (Fsp3) is 0.556. The van der Waals surface area contributed by atoms with E-state index in [1.165, 1.54) is 4.90 Å². The van der Waals surface area contributed by atoms with Gasteiger partial charge in [-0.2, -0.15) is 0 Å². The lowest BCUT2D eigenvalue weighted by molar-refractivity contribution is -0.127. The van der Waals surface area contributed by atoms with Crippen LogP contribution in [0.2, 0.25) is 5.02 Å².